The number of hydrogen-bond acceptors (Lipinski definition) is 2. The summed E-state index contributed by atoms with van der Waals surface area (Å²) in [5.41, 5.74) is 2.86. The summed E-state index contributed by atoms with van der Waals surface area (Å²) in [5.74, 6) is 0.715. The average molecular weight is 307 g/mol. The fraction of sp³-hybridized carbons (Fsp3) is 0.368. The molecule has 2 aromatic rings. The highest BCUT2D eigenvalue weighted by atomic mass is 16.2. The fourth-order valence-electron chi connectivity index (χ4n) is 4.03. The van der Waals surface area contributed by atoms with Crippen molar-refractivity contribution in [2.75, 3.05) is 11.9 Å². The van der Waals surface area contributed by atoms with Crippen LogP contribution in [0.15, 0.2) is 48.8 Å². The van der Waals surface area contributed by atoms with E-state index in [4.69, 9.17) is 0 Å². The minimum Gasteiger partial charge on any atom is -0.321 e. The Kier molecular flexibility index (Phi) is 3.74. The number of carbonyl (C=O) groups is 1. The Labute approximate surface area is 136 Å². The van der Waals surface area contributed by atoms with Crippen LogP contribution >= 0.6 is 0 Å². The number of benzene rings is 1. The van der Waals surface area contributed by atoms with Gasteiger partial charge in [-0.3, -0.25) is 4.98 Å². The van der Waals surface area contributed by atoms with Gasteiger partial charge in [0, 0.05) is 30.5 Å². The number of urea groups is 1. The van der Waals surface area contributed by atoms with Gasteiger partial charge in [-0.05, 0) is 36.8 Å². The quantitative estimate of drug-likeness (QED) is 0.905. The van der Waals surface area contributed by atoms with Crippen LogP contribution in [0, 0.1) is 5.92 Å². The van der Waals surface area contributed by atoms with Crippen molar-refractivity contribution in [3.8, 4) is 11.1 Å². The number of anilines is 1. The largest absolute Gasteiger partial charge is 0.322 e. The first-order valence-electron chi connectivity index (χ1n) is 8.40. The predicted molar refractivity (Wildman–Crippen MR) is 91.1 cm³/mol. The van der Waals surface area contributed by atoms with E-state index in [1.165, 1.54) is 12.8 Å². The van der Waals surface area contributed by atoms with Gasteiger partial charge in [0.15, 0.2) is 0 Å². The third-order valence-corrected chi connectivity index (χ3v) is 5.17. The topological polar surface area (TPSA) is 45.2 Å². The van der Waals surface area contributed by atoms with Gasteiger partial charge in [-0.15, -0.1) is 0 Å². The lowest BCUT2D eigenvalue weighted by Crippen LogP contribution is -2.39. The lowest BCUT2D eigenvalue weighted by molar-refractivity contribution is 0.203. The summed E-state index contributed by atoms with van der Waals surface area (Å²) >= 11 is 0. The number of aromatic nitrogens is 1. The van der Waals surface area contributed by atoms with Crippen molar-refractivity contribution in [3.63, 3.8) is 0 Å². The van der Waals surface area contributed by atoms with Crippen LogP contribution in [-0.2, 0) is 0 Å². The van der Waals surface area contributed by atoms with Crippen molar-refractivity contribution in [3.05, 3.63) is 48.8 Å². The monoisotopic (exact) mass is 307 g/mol. The number of nitrogens with zero attached hydrogens (tertiary/aromatic N) is 2. The summed E-state index contributed by atoms with van der Waals surface area (Å²) in [4.78, 5) is 19.0. The van der Waals surface area contributed by atoms with Crippen LogP contribution in [0.5, 0.6) is 0 Å². The lowest BCUT2D eigenvalue weighted by Gasteiger charge is -2.24. The van der Waals surface area contributed by atoms with Crippen LogP contribution in [0.25, 0.3) is 11.1 Å². The number of nitrogens with one attached hydrogen (secondary N) is 1. The Bertz CT molecular complexity index is 701. The summed E-state index contributed by atoms with van der Waals surface area (Å²) in [6.07, 6.45) is 8.38. The molecule has 2 amide bonds. The molecule has 2 aliphatic rings. The maximum absolute atomic E-state index is 12.7. The van der Waals surface area contributed by atoms with Crippen LogP contribution < -0.4 is 5.32 Å². The molecule has 1 aliphatic heterocycles. The summed E-state index contributed by atoms with van der Waals surface area (Å²) in [6.45, 7) is 0.882. The van der Waals surface area contributed by atoms with E-state index in [1.54, 1.807) is 6.20 Å². The Morgan fingerprint density at radius 2 is 2.00 bits per heavy atom. The van der Waals surface area contributed by atoms with Gasteiger partial charge < -0.3 is 10.2 Å². The molecule has 1 aromatic heterocycles. The summed E-state index contributed by atoms with van der Waals surface area (Å²) < 4.78 is 0. The maximum atomic E-state index is 12.7. The van der Waals surface area contributed by atoms with E-state index >= 15 is 0 Å². The second-order valence-corrected chi connectivity index (χ2v) is 6.46. The molecule has 1 saturated heterocycles. The highest BCUT2D eigenvalue weighted by Gasteiger charge is 2.39. The Hall–Kier alpha value is -2.36. The molecule has 4 rings (SSSR count). The molecule has 4 nitrogen and oxygen atoms in total. The van der Waals surface area contributed by atoms with Gasteiger partial charge in [-0.2, -0.15) is 0 Å². The lowest BCUT2D eigenvalue weighted by atomic mass is 10.0. The molecule has 1 N–H and O–H groups in total. The number of amides is 2. The first kappa shape index (κ1) is 14.2. The van der Waals surface area contributed by atoms with Gasteiger partial charge in [-0.1, -0.05) is 36.8 Å². The fourth-order valence-corrected chi connectivity index (χ4v) is 4.03. The van der Waals surface area contributed by atoms with E-state index in [0.717, 1.165) is 36.2 Å². The first-order valence-corrected chi connectivity index (χ1v) is 8.40. The number of likely N-dealkylation sites (tertiary alicyclic amines) is 1. The molecular formula is C19H21N3O. The summed E-state index contributed by atoms with van der Waals surface area (Å²) in [6, 6.07) is 12.4. The molecule has 0 spiro atoms. The minimum atomic E-state index is 0.0304. The molecule has 2 heterocycles. The highest BCUT2D eigenvalue weighted by Crippen LogP contribution is 2.38. The zero-order valence-corrected chi connectivity index (χ0v) is 13.1. The first-order chi connectivity index (χ1) is 11.3. The number of fused-ring (bicyclic) bond motifs is 1. The molecule has 0 radical (unpaired) electrons. The van der Waals surface area contributed by atoms with Gasteiger partial charge in [0.05, 0.1) is 5.69 Å². The zero-order valence-electron chi connectivity index (χ0n) is 13.1. The van der Waals surface area contributed by atoms with Crippen LogP contribution in [0.2, 0.25) is 0 Å². The average Bonchev–Trinajstić information content (AvgIpc) is 3.19. The van der Waals surface area contributed by atoms with Gasteiger partial charge in [0.1, 0.15) is 0 Å². The molecule has 2 atom stereocenters. The maximum Gasteiger partial charge on any atom is 0.322 e. The molecule has 1 saturated carbocycles. The second-order valence-electron chi connectivity index (χ2n) is 6.46. The van der Waals surface area contributed by atoms with Crippen molar-refractivity contribution in [1.29, 1.82) is 0 Å². The minimum absolute atomic E-state index is 0.0304. The molecule has 2 fully saturated rings. The van der Waals surface area contributed by atoms with E-state index in [-0.39, 0.29) is 6.03 Å². The Morgan fingerprint density at radius 1 is 1.13 bits per heavy atom. The van der Waals surface area contributed by atoms with Crippen LogP contribution in [0.3, 0.4) is 0 Å². The van der Waals surface area contributed by atoms with Crippen LogP contribution in [0.1, 0.15) is 25.7 Å². The molecule has 1 aromatic carbocycles. The Morgan fingerprint density at radius 3 is 2.87 bits per heavy atom. The SMILES string of the molecule is O=C(Nc1ccncc1-c1ccccc1)N1CC[C@@H]2CCC[C@@H]21. The zero-order chi connectivity index (χ0) is 15.6. The molecule has 1 aliphatic carbocycles. The smallest absolute Gasteiger partial charge is 0.321 e. The second kappa shape index (κ2) is 6.03. The molecule has 23 heavy (non-hydrogen) atoms. The number of carbonyl (C=O) groups excluding carboxylic acids is 1. The van der Waals surface area contributed by atoms with E-state index in [1.807, 2.05) is 47.5 Å². The molecule has 0 bridgehead atoms. The number of hydrogen-bond donors (Lipinski definition) is 1. The van der Waals surface area contributed by atoms with Crippen molar-refractivity contribution in [2.24, 2.45) is 5.92 Å². The number of pyridine rings is 1. The van der Waals surface area contributed by atoms with E-state index in [0.29, 0.717) is 12.0 Å². The van der Waals surface area contributed by atoms with Crippen molar-refractivity contribution in [2.45, 2.75) is 31.7 Å². The molecule has 118 valence electrons. The molecular weight excluding hydrogens is 286 g/mol. The Balaban J connectivity index is 1.56. The molecule has 4 heteroatoms. The van der Waals surface area contributed by atoms with Crippen molar-refractivity contribution in [1.82, 2.24) is 9.88 Å². The van der Waals surface area contributed by atoms with Crippen molar-refractivity contribution >= 4 is 11.7 Å². The van der Waals surface area contributed by atoms with E-state index in [9.17, 15) is 4.79 Å². The van der Waals surface area contributed by atoms with Gasteiger partial charge in [-0.25, -0.2) is 4.79 Å². The highest BCUT2D eigenvalue weighted by molar-refractivity contribution is 5.94. The summed E-state index contributed by atoms with van der Waals surface area (Å²) in [7, 11) is 0. The molecule has 0 unspecified atom stereocenters. The standard InChI is InChI=1S/C19H21N3O/c23-19(22-12-10-15-7-4-8-18(15)22)21-17-9-11-20-13-16(17)14-5-2-1-3-6-14/h1-3,5-6,9,11,13,15,18H,4,7-8,10,12H2,(H,20,21,23)/t15-,18-/m0/s1. The van der Waals surface area contributed by atoms with E-state index < -0.39 is 0 Å². The summed E-state index contributed by atoms with van der Waals surface area (Å²) in [5, 5.41) is 3.11. The van der Waals surface area contributed by atoms with Crippen LogP contribution in [0.4, 0.5) is 10.5 Å². The van der Waals surface area contributed by atoms with Gasteiger partial charge >= 0.3 is 6.03 Å². The van der Waals surface area contributed by atoms with Gasteiger partial charge in [0.2, 0.25) is 0 Å². The predicted octanol–water partition coefficient (Wildman–Crippen LogP) is 4.15. The van der Waals surface area contributed by atoms with Crippen LogP contribution in [-0.4, -0.2) is 28.5 Å². The third-order valence-electron chi connectivity index (χ3n) is 5.17. The van der Waals surface area contributed by atoms with Gasteiger partial charge in [0.25, 0.3) is 0 Å². The van der Waals surface area contributed by atoms with Crippen molar-refractivity contribution < 1.29 is 4.79 Å². The third kappa shape index (κ3) is 2.69. The number of rotatable bonds is 2. The normalized spacial score (nSPS) is 22.9. The van der Waals surface area contributed by atoms with E-state index in [2.05, 4.69) is 10.3 Å².